The Hall–Kier alpha value is -1.56. The van der Waals surface area contributed by atoms with E-state index >= 15 is 0 Å². The van der Waals surface area contributed by atoms with E-state index in [1.807, 2.05) is 7.05 Å². The molecule has 1 fully saturated rings. The van der Waals surface area contributed by atoms with Crippen molar-refractivity contribution in [2.24, 2.45) is 0 Å². The lowest BCUT2D eigenvalue weighted by Gasteiger charge is -2.32. The highest BCUT2D eigenvalue weighted by Crippen LogP contribution is 2.29. The molecule has 0 saturated carbocycles. The van der Waals surface area contributed by atoms with Crippen LogP contribution in [0.1, 0.15) is 28.8 Å². The Balaban J connectivity index is 2.09. The van der Waals surface area contributed by atoms with E-state index < -0.39 is 11.7 Å². The SMILES string of the molecule is CNC1CCCN(C(=O)c2ccc(C(F)(F)F)cc2)C1. The Bertz CT molecular complexity index is 470. The molecule has 1 unspecified atom stereocenters. The van der Waals surface area contributed by atoms with Crippen LogP contribution in [-0.4, -0.2) is 37.0 Å². The van der Waals surface area contributed by atoms with Crippen LogP contribution in [0.25, 0.3) is 0 Å². The van der Waals surface area contributed by atoms with Gasteiger partial charge in [-0.05, 0) is 44.2 Å². The van der Waals surface area contributed by atoms with Gasteiger partial charge in [-0.2, -0.15) is 13.2 Å². The van der Waals surface area contributed by atoms with E-state index in [2.05, 4.69) is 5.32 Å². The maximum Gasteiger partial charge on any atom is 0.416 e. The summed E-state index contributed by atoms with van der Waals surface area (Å²) in [5.41, 5.74) is -0.435. The summed E-state index contributed by atoms with van der Waals surface area (Å²) in [7, 11) is 1.84. The number of carbonyl (C=O) groups excluding carboxylic acids is 1. The standard InChI is InChI=1S/C14H17F3N2O/c1-18-12-3-2-8-19(9-12)13(20)10-4-6-11(7-5-10)14(15,16)17/h4-7,12,18H,2-3,8-9H2,1H3. The molecule has 1 aliphatic rings. The van der Waals surface area contributed by atoms with Crippen molar-refractivity contribution in [3.8, 4) is 0 Å². The number of nitrogens with zero attached hydrogens (tertiary/aromatic N) is 1. The Morgan fingerprint density at radius 1 is 1.30 bits per heavy atom. The number of piperidine rings is 1. The molecule has 6 heteroatoms. The van der Waals surface area contributed by atoms with E-state index in [0.29, 0.717) is 18.7 Å². The Kier molecular flexibility index (Phi) is 4.32. The summed E-state index contributed by atoms with van der Waals surface area (Å²) in [6.45, 7) is 1.24. The minimum absolute atomic E-state index is 0.210. The van der Waals surface area contributed by atoms with Crippen LogP contribution in [0.4, 0.5) is 13.2 Å². The van der Waals surface area contributed by atoms with Crippen LogP contribution >= 0.6 is 0 Å². The second-order valence-corrected chi connectivity index (χ2v) is 4.95. The lowest BCUT2D eigenvalue weighted by molar-refractivity contribution is -0.137. The van der Waals surface area contributed by atoms with Gasteiger partial charge in [0.1, 0.15) is 0 Å². The van der Waals surface area contributed by atoms with Crippen LogP contribution in [0.3, 0.4) is 0 Å². The number of likely N-dealkylation sites (tertiary alicyclic amines) is 1. The van der Waals surface area contributed by atoms with Crippen molar-refractivity contribution in [1.29, 1.82) is 0 Å². The molecular weight excluding hydrogens is 269 g/mol. The Labute approximate surface area is 115 Å². The quantitative estimate of drug-likeness (QED) is 0.906. The van der Waals surface area contributed by atoms with Gasteiger partial charge < -0.3 is 10.2 Å². The predicted molar refractivity (Wildman–Crippen MR) is 69.4 cm³/mol. The average molecular weight is 286 g/mol. The summed E-state index contributed by atoms with van der Waals surface area (Å²) in [6, 6.07) is 4.64. The molecule has 2 rings (SSSR count). The van der Waals surface area contributed by atoms with Crippen LogP contribution < -0.4 is 5.32 Å². The average Bonchev–Trinajstić information content (AvgIpc) is 2.46. The first-order valence-corrected chi connectivity index (χ1v) is 6.55. The van der Waals surface area contributed by atoms with Gasteiger partial charge in [-0.25, -0.2) is 0 Å². The molecule has 0 bridgehead atoms. The molecule has 0 spiro atoms. The first-order chi connectivity index (χ1) is 9.41. The van der Waals surface area contributed by atoms with Crippen molar-refractivity contribution in [2.75, 3.05) is 20.1 Å². The van der Waals surface area contributed by atoms with Crippen molar-refractivity contribution in [2.45, 2.75) is 25.1 Å². The van der Waals surface area contributed by atoms with Crippen molar-refractivity contribution in [3.05, 3.63) is 35.4 Å². The number of benzene rings is 1. The van der Waals surface area contributed by atoms with Gasteiger partial charge in [0, 0.05) is 24.7 Å². The van der Waals surface area contributed by atoms with E-state index in [4.69, 9.17) is 0 Å². The zero-order valence-electron chi connectivity index (χ0n) is 11.2. The molecule has 1 amide bonds. The summed E-state index contributed by atoms with van der Waals surface area (Å²) in [6.07, 6.45) is -2.46. The van der Waals surface area contributed by atoms with Gasteiger partial charge >= 0.3 is 6.18 Å². The lowest BCUT2D eigenvalue weighted by atomic mass is 10.0. The molecule has 110 valence electrons. The minimum Gasteiger partial charge on any atom is -0.337 e. The summed E-state index contributed by atoms with van der Waals surface area (Å²) in [5, 5.41) is 3.13. The number of amides is 1. The number of nitrogens with one attached hydrogen (secondary N) is 1. The van der Waals surface area contributed by atoms with Crippen molar-refractivity contribution >= 4 is 5.91 Å². The third kappa shape index (κ3) is 3.30. The topological polar surface area (TPSA) is 32.3 Å². The number of halogens is 3. The highest BCUT2D eigenvalue weighted by molar-refractivity contribution is 5.94. The fourth-order valence-corrected chi connectivity index (χ4v) is 2.38. The highest BCUT2D eigenvalue weighted by atomic mass is 19.4. The van der Waals surface area contributed by atoms with E-state index in [-0.39, 0.29) is 11.9 Å². The first kappa shape index (κ1) is 14.8. The fourth-order valence-electron chi connectivity index (χ4n) is 2.38. The predicted octanol–water partition coefficient (Wildman–Crippen LogP) is 2.53. The summed E-state index contributed by atoms with van der Waals surface area (Å²) < 4.78 is 37.4. The van der Waals surface area contributed by atoms with Gasteiger partial charge in [0.05, 0.1) is 5.56 Å². The molecule has 0 aliphatic carbocycles. The molecular formula is C14H17F3N2O. The van der Waals surface area contributed by atoms with Gasteiger partial charge in [0.2, 0.25) is 0 Å². The molecule has 3 nitrogen and oxygen atoms in total. The lowest BCUT2D eigenvalue weighted by Crippen LogP contribution is -2.46. The van der Waals surface area contributed by atoms with Crippen molar-refractivity contribution < 1.29 is 18.0 Å². The number of alkyl halides is 3. The van der Waals surface area contributed by atoms with E-state index in [0.717, 1.165) is 25.0 Å². The smallest absolute Gasteiger partial charge is 0.337 e. The van der Waals surface area contributed by atoms with E-state index in [9.17, 15) is 18.0 Å². The molecule has 1 saturated heterocycles. The van der Waals surface area contributed by atoms with Gasteiger partial charge in [-0.15, -0.1) is 0 Å². The highest BCUT2D eigenvalue weighted by Gasteiger charge is 2.30. The van der Waals surface area contributed by atoms with Gasteiger partial charge in [0.15, 0.2) is 0 Å². The summed E-state index contributed by atoms with van der Waals surface area (Å²) in [4.78, 5) is 13.9. The Morgan fingerprint density at radius 2 is 1.95 bits per heavy atom. The van der Waals surface area contributed by atoms with E-state index in [1.54, 1.807) is 4.90 Å². The van der Waals surface area contributed by atoms with Crippen LogP contribution in [0.2, 0.25) is 0 Å². The molecule has 0 aromatic heterocycles. The number of rotatable bonds is 2. The van der Waals surface area contributed by atoms with Crippen molar-refractivity contribution in [3.63, 3.8) is 0 Å². The third-order valence-electron chi connectivity index (χ3n) is 3.58. The zero-order valence-corrected chi connectivity index (χ0v) is 11.2. The Morgan fingerprint density at radius 3 is 2.50 bits per heavy atom. The minimum atomic E-state index is -4.37. The number of hydrogen-bond acceptors (Lipinski definition) is 2. The number of hydrogen-bond donors (Lipinski definition) is 1. The largest absolute Gasteiger partial charge is 0.416 e. The first-order valence-electron chi connectivity index (χ1n) is 6.55. The number of likely N-dealkylation sites (N-methyl/N-ethyl adjacent to an activating group) is 1. The normalized spacial score (nSPS) is 20.0. The van der Waals surface area contributed by atoms with Crippen molar-refractivity contribution in [1.82, 2.24) is 10.2 Å². The maximum absolute atomic E-state index is 12.5. The molecule has 20 heavy (non-hydrogen) atoms. The number of carbonyl (C=O) groups is 1. The van der Waals surface area contributed by atoms with Crippen LogP contribution in [0.5, 0.6) is 0 Å². The second-order valence-electron chi connectivity index (χ2n) is 4.95. The summed E-state index contributed by atoms with van der Waals surface area (Å²) >= 11 is 0. The molecule has 1 aromatic carbocycles. The molecule has 1 aliphatic heterocycles. The van der Waals surface area contributed by atoms with Gasteiger partial charge in [-0.3, -0.25) is 4.79 Å². The second kappa shape index (κ2) is 5.83. The maximum atomic E-state index is 12.5. The zero-order chi connectivity index (χ0) is 14.8. The van der Waals surface area contributed by atoms with E-state index in [1.165, 1.54) is 12.1 Å². The van der Waals surface area contributed by atoms with Crippen LogP contribution in [0.15, 0.2) is 24.3 Å². The molecule has 0 radical (unpaired) electrons. The molecule has 1 heterocycles. The molecule has 1 N–H and O–H groups in total. The van der Waals surface area contributed by atoms with Gasteiger partial charge in [0.25, 0.3) is 5.91 Å². The van der Waals surface area contributed by atoms with Gasteiger partial charge in [-0.1, -0.05) is 0 Å². The molecule has 1 atom stereocenters. The third-order valence-corrected chi connectivity index (χ3v) is 3.58. The van der Waals surface area contributed by atoms with Crippen LogP contribution in [0, 0.1) is 0 Å². The summed E-state index contributed by atoms with van der Waals surface area (Å²) in [5.74, 6) is -0.210. The molecule has 1 aromatic rings. The van der Waals surface area contributed by atoms with Crippen LogP contribution in [-0.2, 0) is 6.18 Å². The monoisotopic (exact) mass is 286 g/mol. The fraction of sp³-hybridized carbons (Fsp3) is 0.500.